The molecule has 1 heterocycles. The predicted octanol–water partition coefficient (Wildman–Crippen LogP) is 4.85. The molecule has 0 spiro atoms. The molecule has 0 atom stereocenters. The highest BCUT2D eigenvalue weighted by atomic mass is 16.5. The van der Waals surface area contributed by atoms with Gasteiger partial charge in [-0.05, 0) is 6.42 Å². The average Bonchev–Trinajstić information content (AvgIpc) is 2.96. The Kier molecular flexibility index (Phi) is 10.4. The third kappa shape index (κ3) is 8.85. The lowest BCUT2D eigenvalue weighted by atomic mass is 10.1. The first-order valence-electron chi connectivity index (χ1n) is 8.77. The van der Waals surface area contributed by atoms with Crippen LogP contribution in [0.3, 0.4) is 0 Å². The molecule has 0 aromatic carbocycles. The second-order valence-electron chi connectivity index (χ2n) is 5.97. The van der Waals surface area contributed by atoms with Crippen LogP contribution in [-0.2, 0) is 22.4 Å². The van der Waals surface area contributed by atoms with Crippen LogP contribution in [0.2, 0.25) is 0 Å². The van der Waals surface area contributed by atoms with E-state index in [2.05, 4.69) is 16.8 Å². The summed E-state index contributed by atoms with van der Waals surface area (Å²) in [5.74, 6) is 0.595. The molecule has 0 aliphatic rings. The maximum Gasteiger partial charge on any atom is 0.311 e. The van der Waals surface area contributed by atoms with Crippen LogP contribution in [-0.4, -0.2) is 18.2 Å². The summed E-state index contributed by atoms with van der Waals surface area (Å²) in [5.41, 5.74) is 0.661. The van der Waals surface area contributed by atoms with Crippen LogP contribution in [0, 0.1) is 0 Å². The van der Waals surface area contributed by atoms with Crippen molar-refractivity contribution in [3.8, 4) is 0 Å². The molecular weight excluding hydrogens is 278 g/mol. The van der Waals surface area contributed by atoms with Crippen LogP contribution in [0.5, 0.6) is 0 Å². The van der Waals surface area contributed by atoms with Gasteiger partial charge in [-0.2, -0.15) is 0 Å². The predicted molar refractivity (Wildman–Crippen MR) is 87.8 cm³/mol. The second kappa shape index (κ2) is 12.2. The summed E-state index contributed by atoms with van der Waals surface area (Å²) in [5, 5.41) is 3.89. The van der Waals surface area contributed by atoms with Gasteiger partial charge in [0.25, 0.3) is 0 Å². The number of hydrogen-bond donors (Lipinski definition) is 0. The summed E-state index contributed by atoms with van der Waals surface area (Å²) in [7, 11) is 1.38. The van der Waals surface area contributed by atoms with E-state index >= 15 is 0 Å². The standard InChI is InChI=1S/C18H31NO3/c1-3-4-5-6-7-8-9-10-11-12-13-17-14-16(19-22-17)15-18(20)21-2/h14H,3-13,15H2,1-2H3. The summed E-state index contributed by atoms with van der Waals surface area (Å²) in [4.78, 5) is 11.1. The summed E-state index contributed by atoms with van der Waals surface area (Å²) in [6.07, 6.45) is 14.4. The maximum absolute atomic E-state index is 11.1. The Balaban J connectivity index is 1.97. The number of nitrogens with zero attached hydrogens (tertiary/aromatic N) is 1. The van der Waals surface area contributed by atoms with Crippen LogP contribution in [0.15, 0.2) is 10.6 Å². The summed E-state index contributed by atoms with van der Waals surface area (Å²) >= 11 is 0. The number of unbranched alkanes of at least 4 members (excludes halogenated alkanes) is 9. The van der Waals surface area contributed by atoms with Gasteiger partial charge in [0.2, 0.25) is 0 Å². The van der Waals surface area contributed by atoms with E-state index in [-0.39, 0.29) is 12.4 Å². The van der Waals surface area contributed by atoms with Crippen LogP contribution in [0.4, 0.5) is 0 Å². The van der Waals surface area contributed by atoms with Gasteiger partial charge in [0.15, 0.2) is 0 Å². The molecule has 0 aliphatic heterocycles. The minimum atomic E-state index is -0.279. The average molecular weight is 309 g/mol. The maximum atomic E-state index is 11.1. The molecule has 1 rings (SSSR count). The van der Waals surface area contributed by atoms with Gasteiger partial charge in [0.1, 0.15) is 5.76 Å². The molecule has 0 fully saturated rings. The van der Waals surface area contributed by atoms with Gasteiger partial charge in [-0.3, -0.25) is 4.79 Å². The second-order valence-corrected chi connectivity index (χ2v) is 5.97. The van der Waals surface area contributed by atoms with Crippen molar-refractivity contribution >= 4 is 5.97 Å². The van der Waals surface area contributed by atoms with Crippen molar-refractivity contribution in [3.63, 3.8) is 0 Å². The lowest BCUT2D eigenvalue weighted by Gasteiger charge is -2.01. The Bertz CT molecular complexity index is 401. The number of rotatable bonds is 13. The number of aryl methyl sites for hydroxylation is 1. The lowest BCUT2D eigenvalue weighted by Crippen LogP contribution is -2.04. The molecule has 4 nitrogen and oxygen atoms in total. The van der Waals surface area contributed by atoms with Crippen molar-refractivity contribution in [1.82, 2.24) is 5.16 Å². The SMILES string of the molecule is CCCCCCCCCCCCc1cc(CC(=O)OC)no1. The molecule has 126 valence electrons. The Morgan fingerprint density at radius 2 is 1.64 bits per heavy atom. The van der Waals surface area contributed by atoms with Crippen molar-refractivity contribution in [3.05, 3.63) is 17.5 Å². The first-order valence-corrected chi connectivity index (χ1v) is 8.77. The molecule has 0 aliphatic carbocycles. The normalized spacial score (nSPS) is 10.8. The largest absolute Gasteiger partial charge is 0.469 e. The van der Waals surface area contributed by atoms with Crippen LogP contribution >= 0.6 is 0 Å². The summed E-state index contributed by atoms with van der Waals surface area (Å²) in [6, 6.07) is 1.87. The van der Waals surface area contributed by atoms with Crippen molar-refractivity contribution in [2.45, 2.75) is 84.0 Å². The third-order valence-corrected chi connectivity index (χ3v) is 3.94. The van der Waals surface area contributed by atoms with Crippen molar-refractivity contribution in [2.24, 2.45) is 0 Å². The van der Waals surface area contributed by atoms with Gasteiger partial charge < -0.3 is 9.26 Å². The molecule has 0 saturated heterocycles. The number of esters is 1. The Morgan fingerprint density at radius 1 is 1.05 bits per heavy atom. The fourth-order valence-electron chi connectivity index (χ4n) is 2.56. The van der Waals surface area contributed by atoms with Gasteiger partial charge in [-0.1, -0.05) is 69.9 Å². The molecule has 1 aromatic heterocycles. The highest BCUT2D eigenvalue weighted by molar-refractivity contribution is 5.71. The zero-order chi connectivity index (χ0) is 16.0. The third-order valence-electron chi connectivity index (χ3n) is 3.94. The Labute approximate surface area is 134 Å². The first kappa shape index (κ1) is 18.7. The Morgan fingerprint density at radius 3 is 2.23 bits per heavy atom. The zero-order valence-corrected chi connectivity index (χ0v) is 14.2. The van der Waals surface area contributed by atoms with Gasteiger partial charge in [-0.25, -0.2) is 0 Å². The minimum Gasteiger partial charge on any atom is -0.469 e. The number of carbonyl (C=O) groups excluding carboxylic acids is 1. The number of ether oxygens (including phenoxy) is 1. The molecule has 0 bridgehead atoms. The van der Waals surface area contributed by atoms with E-state index in [1.807, 2.05) is 6.07 Å². The van der Waals surface area contributed by atoms with E-state index in [1.54, 1.807) is 0 Å². The van der Waals surface area contributed by atoms with Crippen LogP contribution in [0.25, 0.3) is 0 Å². The van der Waals surface area contributed by atoms with E-state index in [1.165, 1.54) is 64.9 Å². The van der Waals surface area contributed by atoms with E-state index < -0.39 is 0 Å². The van der Waals surface area contributed by atoms with E-state index in [9.17, 15) is 4.79 Å². The van der Waals surface area contributed by atoms with E-state index in [0.29, 0.717) is 5.69 Å². The fourth-order valence-corrected chi connectivity index (χ4v) is 2.56. The molecule has 0 unspecified atom stereocenters. The summed E-state index contributed by atoms with van der Waals surface area (Å²) in [6.45, 7) is 2.26. The van der Waals surface area contributed by atoms with Crippen molar-refractivity contribution in [1.29, 1.82) is 0 Å². The topological polar surface area (TPSA) is 52.3 Å². The van der Waals surface area contributed by atoms with Crippen LogP contribution in [0.1, 0.15) is 82.6 Å². The molecule has 22 heavy (non-hydrogen) atoms. The molecular formula is C18H31NO3. The number of methoxy groups -OCH3 is 1. The zero-order valence-electron chi connectivity index (χ0n) is 14.2. The van der Waals surface area contributed by atoms with E-state index in [0.717, 1.165) is 18.6 Å². The minimum absolute atomic E-state index is 0.192. The van der Waals surface area contributed by atoms with E-state index in [4.69, 9.17) is 4.52 Å². The summed E-state index contributed by atoms with van der Waals surface area (Å²) < 4.78 is 9.84. The molecule has 1 aromatic rings. The van der Waals surface area contributed by atoms with Crippen LogP contribution < -0.4 is 0 Å². The number of carbonyl (C=O) groups is 1. The highest BCUT2D eigenvalue weighted by Gasteiger charge is 2.08. The van der Waals surface area contributed by atoms with Gasteiger partial charge in [-0.15, -0.1) is 0 Å². The van der Waals surface area contributed by atoms with Crippen molar-refractivity contribution < 1.29 is 14.1 Å². The quantitative estimate of drug-likeness (QED) is 0.386. The van der Waals surface area contributed by atoms with Gasteiger partial charge >= 0.3 is 5.97 Å². The smallest absolute Gasteiger partial charge is 0.311 e. The highest BCUT2D eigenvalue weighted by Crippen LogP contribution is 2.13. The Hall–Kier alpha value is -1.32. The number of hydrogen-bond acceptors (Lipinski definition) is 4. The fraction of sp³-hybridized carbons (Fsp3) is 0.778. The van der Waals surface area contributed by atoms with Gasteiger partial charge in [0.05, 0.1) is 19.2 Å². The van der Waals surface area contributed by atoms with Crippen molar-refractivity contribution in [2.75, 3.05) is 7.11 Å². The molecule has 0 radical (unpaired) electrons. The molecule has 4 heteroatoms. The molecule has 0 saturated carbocycles. The molecule has 0 N–H and O–H groups in total. The van der Waals surface area contributed by atoms with Gasteiger partial charge in [0, 0.05) is 12.5 Å². The first-order chi connectivity index (χ1) is 10.8. The monoisotopic (exact) mass is 309 g/mol. The lowest BCUT2D eigenvalue weighted by molar-refractivity contribution is -0.139. The number of aromatic nitrogens is 1. The molecule has 0 amide bonds.